The van der Waals surface area contributed by atoms with E-state index in [1.165, 1.54) is 238 Å². The summed E-state index contributed by atoms with van der Waals surface area (Å²) in [5.74, 6) is -0.866. The Morgan fingerprint density at radius 2 is 0.470 bits per heavy atom. The number of allylic oxidation sites excluding steroid dienone is 14. The van der Waals surface area contributed by atoms with Gasteiger partial charge in [-0.05, 0) is 116 Å². The minimum Gasteiger partial charge on any atom is -0.462 e. The minimum absolute atomic E-state index is 0.0771. The molecule has 480 valence electrons. The number of hydrogen-bond acceptors (Lipinski definition) is 6. The van der Waals surface area contributed by atoms with Crippen LogP contribution in [0.2, 0.25) is 0 Å². The van der Waals surface area contributed by atoms with Gasteiger partial charge in [0.05, 0.1) is 0 Å². The van der Waals surface area contributed by atoms with Crippen LogP contribution in [0.3, 0.4) is 0 Å². The van der Waals surface area contributed by atoms with E-state index in [4.69, 9.17) is 14.2 Å². The van der Waals surface area contributed by atoms with Crippen molar-refractivity contribution in [3.63, 3.8) is 0 Å². The van der Waals surface area contributed by atoms with Crippen LogP contribution in [0.15, 0.2) is 85.1 Å². The lowest BCUT2D eigenvalue weighted by Gasteiger charge is -2.18. The average Bonchev–Trinajstić information content (AvgIpc) is 3.49. The van der Waals surface area contributed by atoms with Crippen LogP contribution in [0.4, 0.5) is 0 Å². The van der Waals surface area contributed by atoms with Crippen molar-refractivity contribution in [2.45, 2.75) is 374 Å². The van der Waals surface area contributed by atoms with Gasteiger partial charge >= 0.3 is 17.9 Å². The first-order valence-electron chi connectivity index (χ1n) is 36.1. The monoisotopic (exact) mass is 1160 g/mol. The number of hydrogen-bond donors (Lipinski definition) is 0. The first kappa shape index (κ1) is 79.6. The molecular formula is C77H136O6. The van der Waals surface area contributed by atoms with Crippen LogP contribution in [0.25, 0.3) is 0 Å². The number of carbonyl (C=O) groups excluding carboxylic acids is 3. The second kappa shape index (κ2) is 71.1. The third-order valence-electron chi connectivity index (χ3n) is 15.9. The molecule has 0 aliphatic carbocycles. The largest absolute Gasteiger partial charge is 0.462 e. The van der Waals surface area contributed by atoms with Gasteiger partial charge in [0, 0.05) is 19.3 Å². The lowest BCUT2D eigenvalue weighted by atomic mass is 10.0. The number of rotatable bonds is 66. The molecule has 0 N–H and O–H groups in total. The van der Waals surface area contributed by atoms with Gasteiger partial charge in [0.2, 0.25) is 0 Å². The quantitative estimate of drug-likeness (QED) is 0.0261. The molecule has 0 aromatic carbocycles. The molecule has 0 saturated heterocycles. The van der Waals surface area contributed by atoms with E-state index in [2.05, 4.69) is 106 Å². The highest BCUT2D eigenvalue weighted by molar-refractivity contribution is 5.71. The van der Waals surface area contributed by atoms with Crippen LogP contribution in [0.1, 0.15) is 367 Å². The summed E-state index contributed by atoms with van der Waals surface area (Å²) in [6, 6.07) is 0. The smallest absolute Gasteiger partial charge is 0.306 e. The SMILES string of the molecule is CC/C=C\C/C=C\C/C=C\C/C=C\C/C=C\CCCCCCCCCCCCCCCC(=O)OCC(COC(=O)CCCCCCCCC/C=C\CCCCCCCCC)OC(=O)CCCCCCCCC/C=C\CCCCCCCCC. The topological polar surface area (TPSA) is 78.9 Å². The molecule has 0 saturated carbocycles. The summed E-state index contributed by atoms with van der Waals surface area (Å²) in [5, 5.41) is 0. The number of esters is 3. The Morgan fingerprint density at radius 1 is 0.253 bits per heavy atom. The molecule has 0 aromatic heterocycles. The standard InChI is InChI=1S/C77H136O6/c1-4-7-10-13-16-19-22-25-28-31-34-35-36-37-38-39-40-41-42-43-44-47-49-52-55-58-61-64-67-70-76(79)82-73-74(83-77(80)71-68-65-62-59-56-53-50-46-33-30-27-24-21-18-15-12-9-6-3)72-81-75(78)69-66-63-60-57-54-51-48-45-32-29-26-23-20-17-14-11-8-5-2/h7,10,16,19,25,28-30,32-35,37-38,74H,4-6,8-9,11-15,17-18,20-24,26-27,31,36,39-73H2,1-3H3/b10-7-,19-16-,28-25-,32-29-,33-30-,35-34-,38-37-. The molecule has 0 aliphatic rings. The molecule has 1 atom stereocenters. The van der Waals surface area contributed by atoms with Gasteiger partial charge in [-0.25, -0.2) is 0 Å². The third-order valence-corrected chi connectivity index (χ3v) is 15.9. The molecule has 0 amide bonds. The van der Waals surface area contributed by atoms with Crippen LogP contribution in [0.5, 0.6) is 0 Å². The highest BCUT2D eigenvalue weighted by atomic mass is 16.6. The molecule has 0 bridgehead atoms. The van der Waals surface area contributed by atoms with Gasteiger partial charge in [0.25, 0.3) is 0 Å². The van der Waals surface area contributed by atoms with Gasteiger partial charge in [0.15, 0.2) is 6.10 Å². The molecule has 6 heteroatoms. The molecule has 6 nitrogen and oxygen atoms in total. The van der Waals surface area contributed by atoms with Crippen LogP contribution in [-0.4, -0.2) is 37.2 Å². The molecule has 0 fully saturated rings. The van der Waals surface area contributed by atoms with Crippen LogP contribution >= 0.6 is 0 Å². The highest BCUT2D eigenvalue weighted by Gasteiger charge is 2.19. The van der Waals surface area contributed by atoms with E-state index < -0.39 is 6.10 Å². The predicted molar refractivity (Wildman–Crippen MR) is 362 cm³/mol. The maximum Gasteiger partial charge on any atom is 0.306 e. The Morgan fingerprint density at radius 3 is 0.747 bits per heavy atom. The number of carbonyl (C=O) groups is 3. The van der Waals surface area contributed by atoms with E-state index in [0.29, 0.717) is 19.3 Å². The fourth-order valence-corrected chi connectivity index (χ4v) is 10.5. The fraction of sp³-hybridized carbons (Fsp3) is 0.779. The molecule has 0 aliphatic heterocycles. The van der Waals surface area contributed by atoms with Crippen molar-refractivity contribution in [2.24, 2.45) is 0 Å². The molecular weight excluding hydrogens is 1020 g/mol. The molecule has 1 unspecified atom stereocenters. The second-order valence-electron chi connectivity index (χ2n) is 24.1. The van der Waals surface area contributed by atoms with E-state index in [1.54, 1.807) is 0 Å². The summed E-state index contributed by atoms with van der Waals surface area (Å²) < 4.78 is 17.0. The van der Waals surface area contributed by atoms with Crippen molar-refractivity contribution >= 4 is 17.9 Å². The van der Waals surface area contributed by atoms with Crippen LogP contribution in [-0.2, 0) is 28.6 Å². The summed E-state index contributed by atoms with van der Waals surface area (Å²) in [6.07, 6.45) is 94.6. The normalized spacial score (nSPS) is 12.6. The predicted octanol–water partition coefficient (Wildman–Crippen LogP) is 25.0. The lowest BCUT2D eigenvalue weighted by molar-refractivity contribution is -0.167. The Bertz CT molecular complexity index is 1570. The second-order valence-corrected chi connectivity index (χ2v) is 24.1. The van der Waals surface area contributed by atoms with Gasteiger partial charge < -0.3 is 14.2 Å². The van der Waals surface area contributed by atoms with E-state index >= 15 is 0 Å². The molecule has 83 heavy (non-hydrogen) atoms. The number of ether oxygens (including phenoxy) is 3. The lowest BCUT2D eigenvalue weighted by Crippen LogP contribution is -2.30. The zero-order valence-corrected chi connectivity index (χ0v) is 55.2. The Hall–Kier alpha value is -3.41. The first-order valence-corrected chi connectivity index (χ1v) is 36.1. The summed E-state index contributed by atoms with van der Waals surface area (Å²) >= 11 is 0. The van der Waals surface area contributed by atoms with Gasteiger partial charge in [-0.15, -0.1) is 0 Å². The maximum atomic E-state index is 13.0. The van der Waals surface area contributed by atoms with Gasteiger partial charge in [0.1, 0.15) is 13.2 Å². The van der Waals surface area contributed by atoms with Gasteiger partial charge in [-0.3, -0.25) is 14.4 Å². The van der Waals surface area contributed by atoms with Gasteiger partial charge in [-0.2, -0.15) is 0 Å². The first-order chi connectivity index (χ1) is 41.0. The van der Waals surface area contributed by atoms with Gasteiger partial charge in [-0.1, -0.05) is 318 Å². The fourth-order valence-electron chi connectivity index (χ4n) is 10.5. The van der Waals surface area contributed by atoms with Crippen molar-refractivity contribution in [1.29, 1.82) is 0 Å². The zero-order valence-electron chi connectivity index (χ0n) is 55.2. The van der Waals surface area contributed by atoms with E-state index in [9.17, 15) is 14.4 Å². The molecule has 0 heterocycles. The molecule has 0 rings (SSSR count). The minimum atomic E-state index is -0.782. The summed E-state index contributed by atoms with van der Waals surface area (Å²) in [6.45, 7) is 6.57. The van der Waals surface area contributed by atoms with E-state index in [-0.39, 0.29) is 31.1 Å². The van der Waals surface area contributed by atoms with E-state index in [1.807, 2.05) is 0 Å². The van der Waals surface area contributed by atoms with Crippen molar-refractivity contribution in [3.05, 3.63) is 85.1 Å². The average molecular weight is 1160 g/mol. The van der Waals surface area contributed by atoms with Crippen molar-refractivity contribution in [1.82, 2.24) is 0 Å². The Labute approximate surface area is 515 Å². The van der Waals surface area contributed by atoms with Crippen molar-refractivity contribution < 1.29 is 28.6 Å². The van der Waals surface area contributed by atoms with Crippen LogP contribution < -0.4 is 0 Å². The molecule has 0 aromatic rings. The summed E-state index contributed by atoms with van der Waals surface area (Å²) in [4.78, 5) is 38.5. The maximum absolute atomic E-state index is 13.0. The third kappa shape index (κ3) is 69.3. The molecule has 0 spiro atoms. The van der Waals surface area contributed by atoms with Crippen molar-refractivity contribution in [2.75, 3.05) is 13.2 Å². The summed E-state index contributed by atoms with van der Waals surface area (Å²) in [5.41, 5.74) is 0. The Balaban J connectivity index is 4.30. The highest BCUT2D eigenvalue weighted by Crippen LogP contribution is 2.17. The van der Waals surface area contributed by atoms with Crippen LogP contribution in [0, 0.1) is 0 Å². The Kier molecular flexibility index (Phi) is 68.2. The zero-order chi connectivity index (χ0) is 59.9. The number of unbranched alkanes of at least 4 members (excludes halogenated alkanes) is 41. The van der Waals surface area contributed by atoms with Crippen molar-refractivity contribution in [3.8, 4) is 0 Å². The summed E-state index contributed by atoms with van der Waals surface area (Å²) in [7, 11) is 0. The molecule has 0 radical (unpaired) electrons. The van der Waals surface area contributed by atoms with E-state index in [0.717, 1.165) is 89.9 Å².